The number of carbonyl (C=O) groups is 1. The van der Waals surface area contributed by atoms with E-state index in [0.29, 0.717) is 31.0 Å². The Morgan fingerprint density at radius 1 is 1.21 bits per heavy atom. The van der Waals surface area contributed by atoms with Crippen molar-refractivity contribution in [3.05, 3.63) is 77.5 Å². The number of amides is 1. The predicted molar refractivity (Wildman–Crippen MR) is 136 cm³/mol. The Hall–Kier alpha value is -3.71. The molecular formula is C26H25ClN6O. The van der Waals surface area contributed by atoms with Crippen LogP contribution in [0.25, 0.3) is 16.7 Å². The predicted octanol–water partition coefficient (Wildman–Crippen LogP) is 4.50. The van der Waals surface area contributed by atoms with Gasteiger partial charge in [0.15, 0.2) is 0 Å². The molecule has 0 radical (unpaired) electrons. The van der Waals surface area contributed by atoms with Gasteiger partial charge in [0.1, 0.15) is 0 Å². The topological polar surface area (TPSA) is 94.0 Å². The Morgan fingerprint density at radius 3 is 2.68 bits per heavy atom. The molecule has 8 heteroatoms. The number of allylic oxidation sites excluding steroid dienone is 1. The maximum atomic E-state index is 12.9. The third-order valence-corrected chi connectivity index (χ3v) is 7.01. The summed E-state index contributed by atoms with van der Waals surface area (Å²) in [7, 11) is 1.81. The van der Waals surface area contributed by atoms with Gasteiger partial charge in [-0.05, 0) is 36.1 Å². The monoisotopic (exact) mass is 472 g/mol. The number of carbonyl (C=O) groups excluding carboxylic acids is 1. The summed E-state index contributed by atoms with van der Waals surface area (Å²) in [6, 6.07) is 11.8. The lowest BCUT2D eigenvalue weighted by Gasteiger charge is -2.39. The van der Waals surface area contributed by atoms with Crippen molar-refractivity contribution < 1.29 is 4.79 Å². The number of fused-ring (bicyclic) bond motifs is 2. The van der Waals surface area contributed by atoms with Crippen molar-refractivity contribution in [3.8, 4) is 11.1 Å². The van der Waals surface area contributed by atoms with Crippen LogP contribution in [0.4, 0.5) is 11.4 Å². The number of nitrogens with one attached hydrogen (secondary N) is 3. The average molecular weight is 473 g/mol. The average Bonchev–Trinajstić information content (AvgIpc) is 3.14. The second-order valence-corrected chi connectivity index (χ2v) is 8.96. The van der Waals surface area contributed by atoms with Gasteiger partial charge in [-0.3, -0.25) is 14.8 Å². The van der Waals surface area contributed by atoms with Crippen molar-refractivity contribution in [2.75, 3.05) is 30.4 Å². The van der Waals surface area contributed by atoms with Gasteiger partial charge in [-0.25, -0.2) is 0 Å². The zero-order valence-electron chi connectivity index (χ0n) is 18.8. The van der Waals surface area contributed by atoms with Crippen molar-refractivity contribution in [2.45, 2.75) is 18.3 Å². The fraction of sp³-hybridized carbons (Fsp3) is 0.231. The molecule has 4 heterocycles. The first-order valence-electron chi connectivity index (χ1n) is 11.2. The largest absolute Gasteiger partial charge is 0.393 e. The van der Waals surface area contributed by atoms with Crippen LogP contribution >= 0.6 is 11.6 Å². The van der Waals surface area contributed by atoms with E-state index in [1.165, 1.54) is 6.21 Å². The van der Waals surface area contributed by atoms with E-state index in [2.05, 4.69) is 25.5 Å². The van der Waals surface area contributed by atoms with Crippen LogP contribution < -0.4 is 15.5 Å². The number of aromatic nitrogens is 2. The van der Waals surface area contributed by atoms with Crippen LogP contribution in [0.15, 0.2) is 61.2 Å². The van der Waals surface area contributed by atoms with Crippen molar-refractivity contribution in [3.63, 3.8) is 0 Å². The molecule has 0 saturated carbocycles. The van der Waals surface area contributed by atoms with Crippen LogP contribution in [0, 0.1) is 5.41 Å². The van der Waals surface area contributed by atoms with E-state index in [1.807, 2.05) is 49.6 Å². The SMILES string of the molecule is CN/C=C(\C=N)c1ccc(-c2cncc(Cl)c2N2CCC3(CC2)C(=O)Nc2cccnc23)cc1. The van der Waals surface area contributed by atoms with E-state index in [0.717, 1.165) is 39.3 Å². The minimum atomic E-state index is -0.586. The molecule has 0 unspecified atom stereocenters. The van der Waals surface area contributed by atoms with E-state index in [9.17, 15) is 4.79 Å². The number of benzene rings is 1. The van der Waals surface area contributed by atoms with Crippen LogP contribution in [0.3, 0.4) is 0 Å². The molecule has 0 aliphatic carbocycles. The maximum absolute atomic E-state index is 12.9. The highest BCUT2D eigenvalue weighted by Crippen LogP contribution is 2.46. The molecule has 5 rings (SSSR count). The van der Waals surface area contributed by atoms with Gasteiger partial charge in [-0.15, -0.1) is 0 Å². The Kier molecular flexibility index (Phi) is 5.79. The number of halogens is 1. The second-order valence-electron chi connectivity index (χ2n) is 8.55. The number of rotatable bonds is 5. The summed E-state index contributed by atoms with van der Waals surface area (Å²) >= 11 is 6.68. The number of anilines is 2. The fourth-order valence-electron chi connectivity index (χ4n) is 4.98. The summed E-state index contributed by atoms with van der Waals surface area (Å²) in [5.41, 5.74) is 5.69. The lowest BCUT2D eigenvalue weighted by molar-refractivity contribution is -0.121. The summed E-state index contributed by atoms with van der Waals surface area (Å²) in [5.74, 6) is 0.0362. The smallest absolute Gasteiger partial charge is 0.236 e. The molecule has 3 N–H and O–H groups in total. The fourth-order valence-corrected chi connectivity index (χ4v) is 5.26. The summed E-state index contributed by atoms with van der Waals surface area (Å²) in [6.07, 6.45) is 9.71. The Morgan fingerprint density at radius 2 is 1.97 bits per heavy atom. The number of nitrogens with zero attached hydrogens (tertiary/aromatic N) is 3. The molecular weight excluding hydrogens is 448 g/mol. The van der Waals surface area contributed by atoms with Crippen molar-refractivity contribution in [1.29, 1.82) is 5.41 Å². The summed E-state index contributed by atoms with van der Waals surface area (Å²) in [4.78, 5) is 24.1. The molecule has 172 valence electrons. The van der Waals surface area contributed by atoms with E-state index in [1.54, 1.807) is 18.6 Å². The molecule has 1 fully saturated rings. The highest BCUT2D eigenvalue weighted by atomic mass is 35.5. The minimum Gasteiger partial charge on any atom is -0.393 e. The molecule has 3 aromatic rings. The number of hydrogen-bond donors (Lipinski definition) is 3. The van der Waals surface area contributed by atoms with Crippen molar-refractivity contribution in [2.24, 2.45) is 0 Å². The second kappa shape index (κ2) is 8.91. The quantitative estimate of drug-likeness (QED) is 0.475. The van der Waals surface area contributed by atoms with Crippen LogP contribution in [0.1, 0.15) is 24.1 Å². The first-order chi connectivity index (χ1) is 16.6. The van der Waals surface area contributed by atoms with Gasteiger partial charge in [-0.1, -0.05) is 35.9 Å². The van der Waals surface area contributed by atoms with Gasteiger partial charge in [-0.2, -0.15) is 0 Å². The number of piperidine rings is 1. The Labute approximate surface area is 203 Å². The summed E-state index contributed by atoms with van der Waals surface area (Å²) < 4.78 is 0. The Balaban J connectivity index is 1.44. The Bertz CT molecular complexity index is 1280. The van der Waals surface area contributed by atoms with Gasteiger partial charge >= 0.3 is 0 Å². The molecule has 1 amide bonds. The zero-order valence-corrected chi connectivity index (χ0v) is 19.6. The van der Waals surface area contributed by atoms with E-state index >= 15 is 0 Å². The first kappa shape index (κ1) is 22.1. The van der Waals surface area contributed by atoms with E-state index in [-0.39, 0.29) is 5.91 Å². The zero-order chi connectivity index (χ0) is 23.7. The van der Waals surface area contributed by atoms with Gasteiger partial charge < -0.3 is 20.9 Å². The van der Waals surface area contributed by atoms with Gasteiger partial charge in [0, 0.05) is 62.3 Å². The molecule has 0 bridgehead atoms. The van der Waals surface area contributed by atoms with Crippen molar-refractivity contribution in [1.82, 2.24) is 15.3 Å². The number of hydrogen-bond acceptors (Lipinski definition) is 6. The molecule has 1 saturated heterocycles. The van der Waals surface area contributed by atoms with Crippen LogP contribution in [-0.4, -0.2) is 42.2 Å². The third kappa shape index (κ3) is 3.62. The molecule has 34 heavy (non-hydrogen) atoms. The maximum Gasteiger partial charge on any atom is 0.236 e. The lowest BCUT2D eigenvalue weighted by atomic mass is 9.76. The van der Waals surface area contributed by atoms with Gasteiger partial charge in [0.2, 0.25) is 5.91 Å². The van der Waals surface area contributed by atoms with Crippen LogP contribution in [0.2, 0.25) is 5.02 Å². The summed E-state index contributed by atoms with van der Waals surface area (Å²) in [5, 5.41) is 14.2. The minimum absolute atomic E-state index is 0.0362. The highest BCUT2D eigenvalue weighted by Gasteiger charge is 2.49. The first-order valence-corrected chi connectivity index (χ1v) is 11.6. The van der Waals surface area contributed by atoms with Crippen LogP contribution in [-0.2, 0) is 10.2 Å². The normalized spacial score (nSPS) is 16.8. The van der Waals surface area contributed by atoms with E-state index < -0.39 is 5.41 Å². The standard InChI is InChI=1S/C26H25ClN6O/c1-29-14-19(13-28)17-4-6-18(7-5-17)20-15-30-16-21(27)23(20)33-11-8-26(9-12-33)24-22(32-25(26)34)3-2-10-31-24/h2-7,10,13-16,28-29H,8-9,11-12H2,1H3,(H,32,34)/b19-14+,28-13?. The van der Waals surface area contributed by atoms with Gasteiger partial charge in [0.25, 0.3) is 0 Å². The van der Waals surface area contributed by atoms with Crippen molar-refractivity contribution >= 4 is 40.7 Å². The van der Waals surface area contributed by atoms with E-state index in [4.69, 9.17) is 17.0 Å². The van der Waals surface area contributed by atoms with Crippen LogP contribution in [0.5, 0.6) is 0 Å². The molecule has 0 atom stereocenters. The third-order valence-electron chi connectivity index (χ3n) is 6.73. The molecule has 1 spiro atoms. The molecule has 2 aromatic heterocycles. The number of pyridine rings is 2. The molecule has 7 nitrogen and oxygen atoms in total. The molecule has 1 aromatic carbocycles. The highest BCUT2D eigenvalue weighted by molar-refractivity contribution is 6.33. The molecule has 2 aliphatic heterocycles. The lowest BCUT2D eigenvalue weighted by Crippen LogP contribution is -2.47. The summed E-state index contributed by atoms with van der Waals surface area (Å²) in [6.45, 7) is 1.36. The molecule has 2 aliphatic rings. The van der Waals surface area contributed by atoms with Gasteiger partial charge in [0.05, 0.1) is 27.5 Å².